The van der Waals surface area contributed by atoms with Gasteiger partial charge in [0.05, 0.1) is 11.5 Å². The Morgan fingerprint density at radius 2 is 1.90 bits per heavy atom. The fourth-order valence-corrected chi connectivity index (χ4v) is 1.93. The van der Waals surface area contributed by atoms with Gasteiger partial charge in [-0.3, -0.25) is 10.1 Å². The van der Waals surface area contributed by atoms with E-state index in [2.05, 4.69) is 9.97 Å². The van der Waals surface area contributed by atoms with Crippen molar-refractivity contribution in [2.24, 2.45) is 0 Å². The zero-order valence-corrected chi connectivity index (χ0v) is 12.5. The highest BCUT2D eigenvalue weighted by Crippen LogP contribution is 2.29. The van der Waals surface area contributed by atoms with Gasteiger partial charge in [0.25, 0.3) is 0 Å². The number of ether oxygens (including phenoxy) is 2. The topological polar surface area (TPSA) is 117 Å². The van der Waals surface area contributed by atoms with Crippen LogP contribution >= 0.6 is 0 Å². The number of hydrogen-bond donors (Lipinski definition) is 1. The third-order valence-corrected chi connectivity index (χ3v) is 2.88. The van der Waals surface area contributed by atoms with Gasteiger partial charge < -0.3 is 20.1 Å². The number of hydrogen-bond acceptors (Lipinski definition) is 8. The van der Waals surface area contributed by atoms with Crippen LogP contribution < -0.4 is 10.6 Å². The maximum absolute atomic E-state index is 11.3. The minimum Gasteiger partial charge on any atom is -0.385 e. The molecule has 0 fully saturated rings. The number of anilines is 2. The first-order valence-corrected chi connectivity index (χ1v) is 6.52. The number of aryl methyl sites for hydroxylation is 1. The SMILES string of the molecule is COCCCN(CCOC)c1nc(N)nc(C)c1[N+](=O)[O-]. The van der Waals surface area contributed by atoms with Gasteiger partial charge >= 0.3 is 5.69 Å². The molecule has 0 radical (unpaired) electrons. The van der Waals surface area contributed by atoms with Crippen molar-refractivity contribution in [1.29, 1.82) is 0 Å². The summed E-state index contributed by atoms with van der Waals surface area (Å²) < 4.78 is 10.1. The molecule has 9 heteroatoms. The third kappa shape index (κ3) is 4.80. The van der Waals surface area contributed by atoms with E-state index in [1.165, 1.54) is 0 Å². The molecule has 0 atom stereocenters. The lowest BCUT2D eigenvalue weighted by molar-refractivity contribution is -0.385. The van der Waals surface area contributed by atoms with Gasteiger partial charge in [-0.1, -0.05) is 0 Å². The van der Waals surface area contributed by atoms with Crippen LogP contribution in [-0.4, -0.2) is 55.4 Å². The minimum atomic E-state index is -0.486. The average Bonchev–Trinajstić information content (AvgIpc) is 2.41. The number of nitrogen functional groups attached to an aromatic ring is 1. The van der Waals surface area contributed by atoms with Crippen LogP contribution in [0.2, 0.25) is 0 Å². The molecule has 1 aromatic rings. The molecule has 0 aliphatic carbocycles. The second kappa shape index (κ2) is 8.32. The Balaban J connectivity index is 3.11. The van der Waals surface area contributed by atoms with E-state index >= 15 is 0 Å². The Morgan fingerprint density at radius 1 is 1.24 bits per heavy atom. The molecule has 0 bridgehead atoms. The lowest BCUT2D eigenvalue weighted by atomic mass is 10.3. The molecule has 0 spiro atoms. The molecule has 0 amide bonds. The summed E-state index contributed by atoms with van der Waals surface area (Å²) >= 11 is 0. The molecular formula is C12H21N5O4. The van der Waals surface area contributed by atoms with Crippen LogP contribution in [-0.2, 0) is 9.47 Å². The van der Waals surface area contributed by atoms with Crippen molar-refractivity contribution in [3.8, 4) is 0 Å². The lowest BCUT2D eigenvalue weighted by Crippen LogP contribution is -2.31. The second-order valence-corrected chi connectivity index (χ2v) is 4.42. The van der Waals surface area contributed by atoms with E-state index in [-0.39, 0.29) is 23.1 Å². The molecule has 0 saturated carbocycles. The highest BCUT2D eigenvalue weighted by Gasteiger charge is 2.25. The van der Waals surface area contributed by atoms with Crippen LogP contribution in [0.15, 0.2) is 0 Å². The van der Waals surface area contributed by atoms with E-state index in [0.717, 1.165) is 0 Å². The first-order valence-electron chi connectivity index (χ1n) is 6.52. The molecule has 0 saturated heterocycles. The van der Waals surface area contributed by atoms with Gasteiger partial charge in [0, 0.05) is 33.9 Å². The summed E-state index contributed by atoms with van der Waals surface area (Å²) in [5.74, 6) is 0.236. The van der Waals surface area contributed by atoms with Gasteiger partial charge in [-0.15, -0.1) is 0 Å². The first-order chi connectivity index (χ1) is 10.0. The zero-order valence-electron chi connectivity index (χ0n) is 12.5. The highest BCUT2D eigenvalue weighted by molar-refractivity contribution is 5.62. The normalized spacial score (nSPS) is 10.6. The average molecular weight is 299 g/mol. The highest BCUT2D eigenvalue weighted by atomic mass is 16.6. The molecule has 21 heavy (non-hydrogen) atoms. The van der Waals surface area contributed by atoms with E-state index in [1.807, 2.05) is 0 Å². The lowest BCUT2D eigenvalue weighted by Gasteiger charge is -2.23. The molecule has 0 unspecified atom stereocenters. The Kier molecular flexibility index (Phi) is 6.76. The van der Waals surface area contributed by atoms with Crippen LogP contribution in [0.3, 0.4) is 0 Å². The monoisotopic (exact) mass is 299 g/mol. The van der Waals surface area contributed by atoms with E-state index < -0.39 is 4.92 Å². The van der Waals surface area contributed by atoms with E-state index in [9.17, 15) is 10.1 Å². The Hall–Kier alpha value is -2.00. The van der Waals surface area contributed by atoms with Gasteiger partial charge in [-0.05, 0) is 13.3 Å². The summed E-state index contributed by atoms with van der Waals surface area (Å²) in [4.78, 5) is 20.4. The van der Waals surface area contributed by atoms with Crippen molar-refractivity contribution >= 4 is 17.5 Å². The molecule has 0 aliphatic heterocycles. The molecule has 0 aromatic carbocycles. The van der Waals surface area contributed by atoms with Crippen molar-refractivity contribution in [3.05, 3.63) is 15.8 Å². The van der Waals surface area contributed by atoms with Crippen molar-refractivity contribution < 1.29 is 14.4 Å². The maximum atomic E-state index is 11.3. The number of aromatic nitrogens is 2. The first kappa shape index (κ1) is 17.1. The largest absolute Gasteiger partial charge is 0.385 e. The maximum Gasteiger partial charge on any atom is 0.332 e. The van der Waals surface area contributed by atoms with Crippen LogP contribution in [0.4, 0.5) is 17.5 Å². The van der Waals surface area contributed by atoms with Gasteiger partial charge in [0.2, 0.25) is 11.8 Å². The summed E-state index contributed by atoms with van der Waals surface area (Å²) in [5.41, 5.74) is 5.74. The quantitative estimate of drug-likeness (QED) is 0.403. The fraction of sp³-hybridized carbons (Fsp3) is 0.667. The van der Waals surface area contributed by atoms with Crippen LogP contribution in [0, 0.1) is 17.0 Å². The smallest absolute Gasteiger partial charge is 0.332 e. The predicted octanol–water partition coefficient (Wildman–Crippen LogP) is 0.765. The van der Waals surface area contributed by atoms with Gasteiger partial charge in [0.15, 0.2) is 0 Å². The number of nitro groups is 1. The van der Waals surface area contributed by atoms with Gasteiger partial charge in [0.1, 0.15) is 5.69 Å². The van der Waals surface area contributed by atoms with E-state index in [4.69, 9.17) is 15.2 Å². The second-order valence-electron chi connectivity index (χ2n) is 4.42. The van der Waals surface area contributed by atoms with Crippen LogP contribution in [0.1, 0.15) is 12.1 Å². The van der Waals surface area contributed by atoms with E-state index in [0.29, 0.717) is 32.7 Å². The Morgan fingerprint density at radius 3 is 2.48 bits per heavy atom. The van der Waals surface area contributed by atoms with Gasteiger partial charge in [-0.2, -0.15) is 4.98 Å². The minimum absolute atomic E-state index is 0.0160. The Bertz CT molecular complexity index is 483. The van der Waals surface area contributed by atoms with Crippen LogP contribution in [0.5, 0.6) is 0 Å². The molecule has 1 heterocycles. The number of rotatable bonds is 9. The Labute approximate surface area is 123 Å². The summed E-state index contributed by atoms with van der Waals surface area (Å²) in [6.07, 6.45) is 0.709. The number of methoxy groups -OCH3 is 2. The van der Waals surface area contributed by atoms with Crippen molar-refractivity contribution in [2.75, 3.05) is 51.2 Å². The van der Waals surface area contributed by atoms with Crippen molar-refractivity contribution in [2.45, 2.75) is 13.3 Å². The predicted molar refractivity (Wildman–Crippen MR) is 78.4 cm³/mol. The molecule has 1 rings (SSSR count). The summed E-state index contributed by atoms with van der Waals surface area (Å²) in [6, 6.07) is 0. The number of nitrogens with two attached hydrogens (primary N) is 1. The molecule has 118 valence electrons. The standard InChI is InChI=1S/C12H21N5O4/c1-9-10(17(18)19)11(15-12(13)14-9)16(6-8-21-3)5-4-7-20-2/h4-8H2,1-3H3,(H2,13,14,15). The van der Waals surface area contributed by atoms with Crippen molar-refractivity contribution in [3.63, 3.8) is 0 Å². The molecule has 2 N–H and O–H groups in total. The molecule has 1 aromatic heterocycles. The molecule has 0 aliphatic rings. The summed E-state index contributed by atoms with van der Waals surface area (Å²) in [6.45, 7) is 3.54. The van der Waals surface area contributed by atoms with E-state index in [1.54, 1.807) is 26.0 Å². The number of nitrogens with zero attached hydrogens (tertiary/aromatic N) is 4. The molecule has 9 nitrogen and oxygen atoms in total. The summed E-state index contributed by atoms with van der Waals surface area (Å²) in [7, 11) is 3.18. The molecular weight excluding hydrogens is 278 g/mol. The zero-order chi connectivity index (χ0) is 15.8. The summed E-state index contributed by atoms with van der Waals surface area (Å²) in [5, 5.41) is 11.3. The van der Waals surface area contributed by atoms with Gasteiger partial charge in [-0.25, -0.2) is 4.98 Å². The fourth-order valence-electron chi connectivity index (χ4n) is 1.93. The van der Waals surface area contributed by atoms with Crippen LogP contribution in [0.25, 0.3) is 0 Å². The van der Waals surface area contributed by atoms with Crippen molar-refractivity contribution in [1.82, 2.24) is 9.97 Å². The third-order valence-electron chi connectivity index (χ3n) is 2.88.